The number of carbonyl (C=O) groups is 1. The van der Waals surface area contributed by atoms with Crippen LogP contribution in [0.1, 0.15) is 38.2 Å². The number of hydrogen-bond acceptors (Lipinski definition) is 5. The van der Waals surface area contributed by atoms with Gasteiger partial charge in [-0.25, -0.2) is 9.97 Å². The molecular weight excluding hydrogens is 290 g/mol. The van der Waals surface area contributed by atoms with E-state index in [1.54, 1.807) is 6.33 Å². The van der Waals surface area contributed by atoms with Crippen molar-refractivity contribution in [3.8, 4) is 0 Å². The van der Waals surface area contributed by atoms with E-state index in [2.05, 4.69) is 25.1 Å². The molecule has 2 aliphatic rings. The van der Waals surface area contributed by atoms with Crippen LogP contribution < -0.4 is 5.32 Å². The monoisotopic (exact) mass is 317 g/mol. The van der Waals surface area contributed by atoms with E-state index in [-0.39, 0.29) is 11.9 Å². The summed E-state index contributed by atoms with van der Waals surface area (Å²) in [4.78, 5) is 25.2. The molecule has 0 aromatic carbocycles. The Kier molecular flexibility index (Phi) is 5.56. The zero-order valence-electron chi connectivity index (χ0n) is 13.9. The van der Waals surface area contributed by atoms with Crippen LogP contribution >= 0.6 is 0 Å². The number of hydrogen-bond donors (Lipinski definition) is 1. The van der Waals surface area contributed by atoms with Gasteiger partial charge in [0.05, 0.1) is 6.04 Å². The zero-order chi connectivity index (χ0) is 16.1. The van der Waals surface area contributed by atoms with Crippen LogP contribution in [-0.4, -0.2) is 63.9 Å². The fourth-order valence-electron chi connectivity index (χ4n) is 3.54. The average molecular weight is 317 g/mol. The maximum absolute atomic E-state index is 12.4. The Morgan fingerprint density at radius 1 is 1.22 bits per heavy atom. The van der Waals surface area contributed by atoms with E-state index in [0.29, 0.717) is 6.04 Å². The molecule has 1 aliphatic heterocycles. The molecule has 6 heteroatoms. The predicted octanol–water partition coefficient (Wildman–Crippen LogP) is 1.04. The first-order valence-corrected chi connectivity index (χ1v) is 8.73. The van der Waals surface area contributed by atoms with E-state index in [0.717, 1.165) is 51.1 Å². The Hall–Kier alpha value is -1.53. The molecule has 126 valence electrons. The van der Waals surface area contributed by atoms with E-state index in [4.69, 9.17) is 0 Å². The van der Waals surface area contributed by atoms with Crippen molar-refractivity contribution in [2.45, 2.75) is 51.2 Å². The lowest BCUT2D eigenvalue weighted by Crippen LogP contribution is -2.54. The average Bonchev–Trinajstić information content (AvgIpc) is 3.09. The zero-order valence-corrected chi connectivity index (χ0v) is 13.9. The Balaban J connectivity index is 1.43. The quantitative estimate of drug-likeness (QED) is 0.879. The van der Waals surface area contributed by atoms with Gasteiger partial charge >= 0.3 is 0 Å². The van der Waals surface area contributed by atoms with Crippen molar-refractivity contribution in [1.82, 2.24) is 25.1 Å². The maximum Gasteiger partial charge on any atom is 0.237 e. The van der Waals surface area contributed by atoms with Crippen LogP contribution in [-0.2, 0) is 11.3 Å². The van der Waals surface area contributed by atoms with Gasteiger partial charge in [-0.05, 0) is 19.8 Å². The largest absolute Gasteiger partial charge is 0.352 e. The molecule has 1 saturated heterocycles. The molecule has 2 fully saturated rings. The van der Waals surface area contributed by atoms with Crippen LogP contribution in [0.2, 0.25) is 0 Å². The summed E-state index contributed by atoms with van der Waals surface area (Å²) in [5.41, 5.74) is 1.15. The van der Waals surface area contributed by atoms with E-state index in [1.165, 1.54) is 12.8 Å². The molecule has 23 heavy (non-hydrogen) atoms. The summed E-state index contributed by atoms with van der Waals surface area (Å²) in [6.07, 6.45) is 10.1. The summed E-state index contributed by atoms with van der Waals surface area (Å²) in [6.45, 7) is 6.76. The van der Waals surface area contributed by atoms with Crippen LogP contribution in [0.3, 0.4) is 0 Å². The normalized spacial score (nSPS) is 22.1. The first-order valence-electron chi connectivity index (χ1n) is 8.73. The second-order valence-corrected chi connectivity index (χ2v) is 6.72. The molecule has 0 bridgehead atoms. The minimum atomic E-state index is -0.0298. The van der Waals surface area contributed by atoms with Crippen molar-refractivity contribution in [3.63, 3.8) is 0 Å². The highest BCUT2D eigenvalue weighted by Crippen LogP contribution is 2.18. The van der Waals surface area contributed by atoms with Crippen molar-refractivity contribution in [2.24, 2.45) is 0 Å². The van der Waals surface area contributed by atoms with Gasteiger partial charge in [-0.2, -0.15) is 0 Å². The Morgan fingerprint density at radius 2 is 1.87 bits per heavy atom. The van der Waals surface area contributed by atoms with E-state index in [9.17, 15) is 4.79 Å². The standard InChI is InChI=1S/C17H27N5O/c1-14(17(23)20-16-4-2-3-5-16)22-8-6-21(7-9-22)12-15-10-18-13-19-11-15/h10-11,13-14,16H,2-9,12H2,1H3,(H,20,23). The molecule has 1 N–H and O–H groups in total. The molecule has 1 aromatic rings. The minimum Gasteiger partial charge on any atom is -0.352 e. The SMILES string of the molecule is CC(C(=O)NC1CCCC1)N1CCN(Cc2cncnc2)CC1. The fourth-order valence-corrected chi connectivity index (χ4v) is 3.54. The summed E-state index contributed by atoms with van der Waals surface area (Å²) in [5.74, 6) is 0.196. The summed E-state index contributed by atoms with van der Waals surface area (Å²) < 4.78 is 0. The second kappa shape index (κ2) is 7.84. The maximum atomic E-state index is 12.4. The molecule has 6 nitrogen and oxygen atoms in total. The topological polar surface area (TPSA) is 61.4 Å². The van der Waals surface area contributed by atoms with Gasteiger partial charge in [0.1, 0.15) is 6.33 Å². The molecule has 0 radical (unpaired) electrons. The lowest BCUT2D eigenvalue weighted by atomic mass is 10.1. The van der Waals surface area contributed by atoms with Crippen LogP contribution in [0.25, 0.3) is 0 Å². The van der Waals surface area contributed by atoms with Gasteiger partial charge in [-0.15, -0.1) is 0 Å². The van der Waals surface area contributed by atoms with Gasteiger partial charge < -0.3 is 5.32 Å². The van der Waals surface area contributed by atoms with Crippen LogP contribution in [0.15, 0.2) is 18.7 Å². The number of carbonyl (C=O) groups excluding carboxylic acids is 1. The molecule has 0 spiro atoms. The molecule has 1 atom stereocenters. The lowest BCUT2D eigenvalue weighted by Gasteiger charge is -2.37. The first-order chi connectivity index (χ1) is 11.2. The highest BCUT2D eigenvalue weighted by atomic mass is 16.2. The second-order valence-electron chi connectivity index (χ2n) is 6.72. The summed E-state index contributed by atoms with van der Waals surface area (Å²) in [7, 11) is 0. The number of aromatic nitrogens is 2. The molecular formula is C17H27N5O. The number of nitrogens with zero attached hydrogens (tertiary/aromatic N) is 4. The van der Waals surface area contributed by atoms with E-state index < -0.39 is 0 Å². The predicted molar refractivity (Wildman–Crippen MR) is 88.7 cm³/mol. The van der Waals surface area contributed by atoms with Gasteiger partial charge in [0, 0.05) is 56.7 Å². The molecule has 1 saturated carbocycles. The van der Waals surface area contributed by atoms with Crippen molar-refractivity contribution >= 4 is 5.91 Å². The molecule has 1 aliphatic carbocycles. The number of amides is 1. The molecule has 1 aromatic heterocycles. The van der Waals surface area contributed by atoms with Gasteiger partial charge in [-0.1, -0.05) is 12.8 Å². The van der Waals surface area contributed by atoms with Crippen molar-refractivity contribution in [2.75, 3.05) is 26.2 Å². The Bertz CT molecular complexity index is 495. The van der Waals surface area contributed by atoms with Crippen molar-refractivity contribution in [1.29, 1.82) is 0 Å². The third-order valence-corrected chi connectivity index (χ3v) is 5.06. The number of rotatable bonds is 5. The van der Waals surface area contributed by atoms with E-state index in [1.807, 2.05) is 19.3 Å². The van der Waals surface area contributed by atoms with Gasteiger partial charge in [0.2, 0.25) is 5.91 Å². The Labute approximate surface area is 138 Å². The van der Waals surface area contributed by atoms with Crippen molar-refractivity contribution < 1.29 is 4.79 Å². The summed E-state index contributed by atoms with van der Waals surface area (Å²) in [6, 6.07) is 0.377. The minimum absolute atomic E-state index is 0.0298. The van der Waals surface area contributed by atoms with Gasteiger partial charge in [0.25, 0.3) is 0 Å². The third kappa shape index (κ3) is 4.48. The highest BCUT2D eigenvalue weighted by molar-refractivity contribution is 5.81. The summed E-state index contributed by atoms with van der Waals surface area (Å²) in [5, 5.41) is 3.22. The van der Waals surface area contributed by atoms with Gasteiger partial charge in [-0.3, -0.25) is 14.6 Å². The highest BCUT2D eigenvalue weighted by Gasteiger charge is 2.27. The van der Waals surface area contributed by atoms with Crippen LogP contribution in [0.5, 0.6) is 0 Å². The smallest absolute Gasteiger partial charge is 0.237 e. The fraction of sp³-hybridized carbons (Fsp3) is 0.706. The van der Waals surface area contributed by atoms with Crippen LogP contribution in [0.4, 0.5) is 0 Å². The number of nitrogens with one attached hydrogen (secondary N) is 1. The molecule has 3 rings (SSSR count). The lowest BCUT2D eigenvalue weighted by molar-refractivity contribution is -0.127. The first kappa shape index (κ1) is 16.3. The van der Waals surface area contributed by atoms with Gasteiger partial charge in [0.15, 0.2) is 0 Å². The van der Waals surface area contributed by atoms with Crippen LogP contribution in [0, 0.1) is 0 Å². The third-order valence-electron chi connectivity index (χ3n) is 5.06. The van der Waals surface area contributed by atoms with E-state index >= 15 is 0 Å². The molecule has 2 heterocycles. The Morgan fingerprint density at radius 3 is 2.52 bits per heavy atom. The summed E-state index contributed by atoms with van der Waals surface area (Å²) >= 11 is 0. The van der Waals surface area contributed by atoms with Crippen molar-refractivity contribution in [3.05, 3.63) is 24.3 Å². The molecule has 1 unspecified atom stereocenters. The number of piperazine rings is 1. The molecule has 1 amide bonds.